The number of nitrogens with one attached hydrogen (secondary N) is 1. The first kappa shape index (κ1) is 15.0. The minimum absolute atomic E-state index is 0.278. The molecule has 0 saturated carbocycles. The number of piperazine rings is 1. The second-order valence-corrected chi connectivity index (χ2v) is 7.29. The molecule has 1 aliphatic rings. The highest BCUT2D eigenvalue weighted by molar-refractivity contribution is 7.07. The van der Waals surface area contributed by atoms with E-state index in [0.717, 1.165) is 12.5 Å². The Balaban J connectivity index is 1.94. The lowest BCUT2D eigenvalue weighted by Crippen LogP contribution is -2.63. The fourth-order valence-corrected chi connectivity index (χ4v) is 3.50. The number of hydrogen-bond donors (Lipinski definition) is 1. The van der Waals surface area contributed by atoms with Gasteiger partial charge < -0.3 is 5.32 Å². The molecule has 0 aliphatic carbocycles. The second kappa shape index (κ2) is 6.38. The highest BCUT2D eigenvalue weighted by Crippen LogP contribution is 2.23. The van der Waals surface area contributed by atoms with Crippen LogP contribution in [0.15, 0.2) is 16.8 Å². The maximum absolute atomic E-state index is 3.74. The van der Waals surface area contributed by atoms with Crippen molar-refractivity contribution in [1.29, 1.82) is 0 Å². The lowest BCUT2D eigenvalue weighted by Gasteiger charge is -2.47. The zero-order valence-corrected chi connectivity index (χ0v) is 13.6. The summed E-state index contributed by atoms with van der Waals surface area (Å²) in [5.74, 6) is 0.764. The van der Waals surface area contributed by atoms with Crippen molar-refractivity contribution in [1.82, 2.24) is 10.2 Å². The number of hydrogen-bond acceptors (Lipinski definition) is 3. The van der Waals surface area contributed by atoms with Gasteiger partial charge in [0, 0.05) is 31.2 Å². The quantitative estimate of drug-likeness (QED) is 0.889. The molecule has 2 nitrogen and oxygen atoms in total. The van der Waals surface area contributed by atoms with Crippen LogP contribution in [-0.4, -0.2) is 36.1 Å². The van der Waals surface area contributed by atoms with Crippen molar-refractivity contribution in [3.8, 4) is 0 Å². The number of nitrogens with zero attached hydrogens (tertiary/aromatic N) is 1. The van der Waals surface area contributed by atoms with Gasteiger partial charge in [0.25, 0.3) is 0 Å². The van der Waals surface area contributed by atoms with E-state index < -0.39 is 0 Å². The van der Waals surface area contributed by atoms with E-state index in [4.69, 9.17) is 0 Å². The van der Waals surface area contributed by atoms with Crippen molar-refractivity contribution in [2.75, 3.05) is 19.6 Å². The maximum atomic E-state index is 3.74. The van der Waals surface area contributed by atoms with Gasteiger partial charge in [0.15, 0.2) is 0 Å². The van der Waals surface area contributed by atoms with E-state index in [-0.39, 0.29) is 5.54 Å². The van der Waals surface area contributed by atoms with Crippen molar-refractivity contribution in [2.24, 2.45) is 5.92 Å². The summed E-state index contributed by atoms with van der Waals surface area (Å²) in [6.45, 7) is 12.9. The largest absolute Gasteiger partial charge is 0.311 e. The topological polar surface area (TPSA) is 15.3 Å². The van der Waals surface area contributed by atoms with Crippen molar-refractivity contribution in [3.05, 3.63) is 22.4 Å². The van der Waals surface area contributed by atoms with Crippen LogP contribution < -0.4 is 5.32 Å². The summed E-state index contributed by atoms with van der Waals surface area (Å²) < 4.78 is 0. The van der Waals surface area contributed by atoms with Gasteiger partial charge in [-0.25, -0.2) is 0 Å². The zero-order chi connectivity index (χ0) is 13.9. The smallest absolute Gasteiger partial charge is 0.0278 e. The normalized spacial score (nSPS) is 25.4. The van der Waals surface area contributed by atoms with E-state index in [2.05, 4.69) is 54.7 Å². The van der Waals surface area contributed by atoms with Gasteiger partial charge in [0.1, 0.15) is 0 Å². The molecule has 108 valence electrons. The molecule has 0 radical (unpaired) electrons. The Hall–Kier alpha value is -0.380. The van der Waals surface area contributed by atoms with Crippen molar-refractivity contribution < 1.29 is 0 Å². The highest BCUT2D eigenvalue weighted by atomic mass is 32.1. The van der Waals surface area contributed by atoms with Gasteiger partial charge in [-0.15, -0.1) is 0 Å². The first-order chi connectivity index (χ1) is 9.03. The maximum Gasteiger partial charge on any atom is 0.0278 e. The Labute approximate surface area is 122 Å². The number of thiophene rings is 1. The molecule has 1 aromatic rings. The summed E-state index contributed by atoms with van der Waals surface area (Å²) in [4.78, 5) is 2.68. The van der Waals surface area contributed by atoms with Crippen LogP contribution in [0.4, 0.5) is 0 Å². The molecule has 2 unspecified atom stereocenters. The average molecular weight is 280 g/mol. The zero-order valence-electron chi connectivity index (χ0n) is 12.8. The molecule has 1 saturated heterocycles. The molecule has 2 rings (SSSR count). The molecule has 0 aromatic carbocycles. The van der Waals surface area contributed by atoms with Crippen LogP contribution >= 0.6 is 11.3 Å². The minimum atomic E-state index is 0.278. The van der Waals surface area contributed by atoms with Crippen LogP contribution in [0.1, 0.15) is 39.7 Å². The fraction of sp³-hybridized carbons (Fsp3) is 0.750. The van der Waals surface area contributed by atoms with Gasteiger partial charge in [-0.1, -0.05) is 20.3 Å². The van der Waals surface area contributed by atoms with Crippen LogP contribution in [-0.2, 0) is 6.42 Å². The van der Waals surface area contributed by atoms with E-state index in [1.807, 2.05) is 0 Å². The third kappa shape index (κ3) is 3.80. The molecule has 1 fully saturated rings. The molecule has 0 amide bonds. The summed E-state index contributed by atoms with van der Waals surface area (Å²) in [7, 11) is 0. The van der Waals surface area contributed by atoms with Crippen LogP contribution in [0.2, 0.25) is 0 Å². The predicted octanol–water partition coefficient (Wildman–Crippen LogP) is 3.39. The molecule has 2 atom stereocenters. The third-order valence-corrected chi connectivity index (χ3v) is 5.38. The average Bonchev–Trinajstić information content (AvgIpc) is 2.89. The molecule has 0 spiro atoms. The van der Waals surface area contributed by atoms with E-state index in [1.165, 1.54) is 31.5 Å². The third-order valence-electron chi connectivity index (χ3n) is 4.65. The fourth-order valence-electron chi connectivity index (χ4n) is 2.80. The molecule has 1 aliphatic heterocycles. The lowest BCUT2D eigenvalue weighted by molar-refractivity contribution is 0.0530. The predicted molar refractivity (Wildman–Crippen MR) is 84.9 cm³/mol. The van der Waals surface area contributed by atoms with E-state index in [9.17, 15) is 0 Å². The van der Waals surface area contributed by atoms with E-state index >= 15 is 0 Å². The number of rotatable bonds is 5. The van der Waals surface area contributed by atoms with Gasteiger partial charge in [-0.2, -0.15) is 11.3 Å². The van der Waals surface area contributed by atoms with Gasteiger partial charge in [-0.05, 0) is 48.6 Å². The van der Waals surface area contributed by atoms with Crippen LogP contribution in [0, 0.1) is 5.92 Å². The summed E-state index contributed by atoms with van der Waals surface area (Å²) in [6, 6.07) is 2.91. The summed E-state index contributed by atoms with van der Waals surface area (Å²) in [6.07, 6.45) is 2.44. The molecule has 2 heterocycles. The molecule has 1 aromatic heterocycles. The Kier molecular flexibility index (Phi) is 5.04. The molecule has 0 bridgehead atoms. The Morgan fingerprint density at radius 1 is 1.53 bits per heavy atom. The Morgan fingerprint density at radius 3 is 2.95 bits per heavy atom. The first-order valence-corrected chi connectivity index (χ1v) is 8.46. The van der Waals surface area contributed by atoms with Gasteiger partial charge in [-0.3, -0.25) is 4.90 Å². The van der Waals surface area contributed by atoms with Gasteiger partial charge in [0.05, 0.1) is 0 Å². The monoisotopic (exact) mass is 280 g/mol. The SMILES string of the molecule is CCC(C)C1CN(CCc2ccsc2)C(C)(C)CN1. The summed E-state index contributed by atoms with van der Waals surface area (Å²) in [5.41, 5.74) is 1.76. The van der Waals surface area contributed by atoms with E-state index in [1.54, 1.807) is 11.3 Å². The van der Waals surface area contributed by atoms with Crippen LogP contribution in [0.25, 0.3) is 0 Å². The van der Waals surface area contributed by atoms with Crippen molar-refractivity contribution in [3.63, 3.8) is 0 Å². The van der Waals surface area contributed by atoms with Crippen LogP contribution in [0.5, 0.6) is 0 Å². The Morgan fingerprint density at radius 2 is 2.32 bits per heavy atom. The second-order valence-electron chi connectivity index (χ2n) is 6.51. The molecule has 19 heavy (non-hydrogen) atoms. The molecule has 3 heteroatoms. The molecular formula is C16H28N2S. The van der Waals surface area contributed by atoms with Gasteiger partial charge >= 0.3 is 0 Å². The molecule has 1 N–H and O–H groups in total. The first-order valence-electron chi connectivity index (χ1n) is 7.52. The van der Waals surface area contributed by atoms with Crippen molar-refractivity contribution >= 4 is 11.3 Å². The lowest BCUT2D eigenvalue weighted by atomic mass is 9.90. The Bertz CT molecular complexity index is 372. The minimum Gasteiger partial charge on any atom is -0.311 e. The van der Waals surface area contributed by atoms with Crippen LogP contribution in [0.3, 0.4) is 0 Å². The highest BCUT2D eigenvalue weighted by Gasteiger charge is 2.34. The van der Waals surface area contributed by atoms with Gasteiger partial charge in [0.2, 0.25) is 0 Å². The van der Waals surface area contributed by atoms with Crippen molar-refractivity contribution in [2.45, 2.75) is 52.1 Å². The molecular weight excluding hydrogens is 252 g/mol. The summed E-state index contributed by atoms with van der Waals surface area (Å²) in [5, 5.41) is 8.20. The van der Waals surface area contributed by atoms with E-state index in [0.29, 0.717) is 6.04 Å². The summed E-state index contributed by atoms with van der Waals surface area (Å²) >= 11 is 1.80. The standard InChI is InChI=1S/C16H28N2S/c1-5-13(2)15-10-18(16(3,4)12-17-15)8-6-14-7-9-19-11-14/h7,9,11,13,15,17H,5-6,8,10,12H2,1-4H3.